The van der Waals surface area contributed by atoms with Crippen LogP contribution in [0.2, 0.25) is 0 Å². The van der Waals surface area contributed by atoms with Gasteiger partial charge in [-0.05, 0) is 50.9 Å². The van der Waals surface area contributed by atoms with Crippen molar-refractivity contribution in [1.82, 2.24) is 30.3 Å². The van der Waals surface area contributed by atoms with Crippen LogP contribution in [0.5, 0.6) is 0 Å². The van der Waals surface area contributed by atoms with Crippen molar-refractivity contribution in [1.29, 1.82) is 0 Å². The molecule has 170 valence electrons. The van der Waals surface area contributed by atoms with Gasteiger partial charge in [0, 0.05) is 24.8 Å². The number of likely N-dealkylation sites (tertiary alicyclic amines) is 1. The molecule has 7 nitrogen and oxygen atoms in total. The molecule has 31 heavy (non-hydrogen) atoms. The third kappa shape index (κ3) is 5.97. The molecule has 1 aliphatic heterocycles. The van der Waals surface area contributed by atoms with Crippen LogP contribution in [0.3, 0.4) is 0 Å². The van der Waals surface area contributed by atoms with Crippen molar-refractivity contribution < 1.29 is 0 Å². The molecule has 1 aliphatic carbocycles. The monoisotopic (exact) mass is 537 g/mol. The van der Waals surface area contributed by atoms with Gasteiger partial charge in [-0.25, -0.2) is 0 Å². The Morgan fingerprint density at radius 1 is 1.00 bits per heavy atom. The van der Waals surface area contributed by atoms with Crippen molar-refractivity contribution >= 4 is 29.9 Å². The molecule has 1 aromatic heterocycles. The van der Waals surface area contributed by atoms with Crippen molar-refractivity contribution in [2.75, 3.05) is 26.7 Å². The van der Waals surface area contributed by atoms with Crippen LogP contribution >= 0.6 is 24.0 Å². The van der Waals surface area contributed by atoms with E-state index in [4.69, 9.17) is 0 Å². The number of rotatable bonds is 6. The molecular weight excluding hydrogens is 501 g/mol. The van der Waals surface area contributed by atoms with Crippen LogP contribution in [0.25, 0.3) is 5.69 Å². The Kier molecular flexibility index (Phi) is 9.13. The van der Waals surface area contributed by atoms with Gasteiger partial charge in [0.1, 0.15) is 6.33 Å². The zero-order chi connectivity index (χ0) is 20.7. The first kappa shape index (κ1) is 24.0. The fourth-order valence-electron chi connectivity index (χ4n) is 5.00. The van der Waals surface area contributed by atoms with Crippen molar-refractivity contribution in [2.45, 2.75) is 63.5 Å². The molecule has 2 heterocycles. The minimum atomic E-state index is 0. The first-order valence-electron chi connectivity index (χ1n) is 11.4. The molecule has 0 unspecified atom stereocenters. The molecule has 1 aromatic carbocycles. The predicted octanol–water partition coefficient (Wildman–Crippen LogP) is 3.74. The largest absolute Gasteiger partial charge is 0.355 e. The molecule has 1 saturated heterocycles. The number of hydrogen-bond acceptors (Lipinski definition) is 4. The summed E-state index contributed by atoms with van der Waals surface area (Å²) in [6, 6.07) is 10.2. The van der Waals surface area contributed by atoms with E-state index in [9.17, 15) is 0 Å². The smallest absolute Gasteiger partial charge is 0.191 e. The van der Waals surface area contributed by atoms with Crippen LogP contribution in [0.4, 0.5) is 0 Å². The number of guanidine groups is 1. The van der Waals surface area contributed by atoms with Crippen LogP contribution in [-0.2, 0) is 6.54 Å². The van der Waals surface area contributed by atoms with Gasteiger partial charge < -0.3 is 10.6 Å². The minimum Gasteiger partial charge on any atom is -0.355 e. The van der Waals surface area contributed by atoms with E-state index in [-0.39, 0.29) is 29.5 Å². The Morgan fingerprint density at radius 2 is 1.71 bits per heavy atom. The zero-order valence-corrected chi connectivity index (χ0v) is 20.9. The summed E-state index contributed by atoms with van der Waals surface area (Å²) in [7, 11) is 1.84. The van der Waals surface area contributed by atoms with E-state index in [1.165, 1.54) is 64.5 Å². The molecule has 2 aliphatic rings. The zero-order valence-electron chi connectivity index (χ0n) is 18.6. The second-order valence-corrected chi connectivity index (χ2v) is 8.56. The van der Waals surface area contributed by atoms with E-state index in [0.717, 1.165) is 24.0 Å². The van der Waals surface area contributed by atoms with E-state index in [0.29, 0.717) is 6.54 Å². The van der Waals surface area contributed by atoms with E-state index < -0.39 is 0 Å². The highest BCUT2D eigenvalue weighted by molar-refractivity contribution is 14.0. The molecule has 0 radical (unpaired) electrons. The quantitative estimate of drug-likeness (QED) is 0.334. The van der Waals surface area contributed by atoms with Gasteiger partial charge in [0.25, 0.3) is 0 Å². The van der Waals surface area contributed by atoms with Crippen molar-refractivity contribution in [3.63, 3.8) is 0 Å². The van der Waals surface area contributed by atoms with Crippen LogP contribution in [0.1, 0.15) is 57.2 Å². The number of halogens is 1. The third-order valence-corrected chi connectivity index (χ3v) is 6.69. The molecule has 1 saturated carbocycles. The van der Waals surface area contributed by atoms with Gasteiger partial charge >= 0.3 is 0 Å². The third-order valence-electron chi connectivity index (χ3n) is 6.69. The molecular formula is C23H36IN7. The van der Waals surface area contributed by atoms with Gasteiger partial charge in [0.15, 0.2) is 11.8 Å². The van der Waals surface area contributed by atoms with Crippen LogP contribution < -0.4 is 10.6 Å². The molecule has 2 N–H and O–H groups in total. The summed E-state index contributed by atoms with van der Waals surface area (Å²) in [5, 5.41) is 15.5. The predicted molar refractivity (Wildman–Crippen MR) is 136 cm³/mol. The average Bonchev–Trinajstić information content (AvgIpc) is 3.30. The van der Waals surface area contributed by atoms with Gasteiger partial charge in [0.2, 0.25) is 0 Å². The summed E-state index contributed by atoms with van der Waals surface area (Å²) in [6.07, 6.45) is 12.4. The molecule has 2 aromatic rings. The maximum atomic E-state index is 4.47. The van der Waals surface area contributed by atoms with E-state index in [2.05, 4.69) is 42.9 Å². The summed E-state index contributed by atoms with van der Waals surface area (Å²) in [6.45, 7) is 4.02. The summed E-state index contributed by atoms with van der Waals surface area (Å²) >= 11 is 0. The molecule has 2 fully saturated rings. The van der Waals surface area contributed by atoms with Gasteiger partial charge in [0.05, 0.1) is 6.54 Å². The van der Waals surface area contributed by atoms with Gasteiger partial charge in [-0.1, -0.05) is 43.9 Å². The van der Waals surface area contributed by atoms with Crippen molar-refractivity contribution in [3.05, 3.63) is 42.5 Å². The molecule has 0 amide bonds. The number of nitrogens with zero attached hydrogens (tertiary/aromatic N) is 5. The van der Waals surface area contributed by atoms with Crippen molar-refractivity contribution in [3.8, 4) is 5.69 Å². The lowest BCUT2D eigenvalue weighted by Gasteiger charge is -2.48. The summed E-state index contributed by atoms with van der Waals surface area (Å²) in [4.78, 5) is 7.23. The number of para-hydroxylation sites is 1. The number of piperidine rings is 1. The number of nitrogens with one attached hydrogen (secondary N) is 2. The number of aliphatic imine (C=N–C) groups is 1. The lowest BCUT2D eigenvalue weighted by atomic mass is 9.79. The van der Waals surface area contributed by atoms with Crippen LogP contribution in [0, 0.1) is 0 Å². The molecule has 8 heteroatoms. The number of hydrogen-bond donors (Lipinski definition) is 2. The molecule has 0 bridgehead atoms. The van der Waals surface area contributed by atoms with Crippen LogP contribution in [0.15, 0.2) is 41.7 Å². The molecule has 0 spiro atoms. The fraction of sp³-hybridized carbons (Fsp3) is 0.609. The Morgan fingerprint density at radius 3 is 2.42 bits per heavy atom. The molecule has 0 atom stereocenters. The summed E-state index contributed by atoms with van der Waals surface area (Å²) < 4.78 is 2.01. The highest BCUT2D eigenvalue weighted by Crippen LogP contribution is 2.35. The minimum absolute atomic E-state index is 0. The van der Waals surface area contributed by atoms with Crippen molar-refractivity contribution in [2.24, 2.45) is 4.99 Å². The van der Waals surface area contributed by atoms with Gasteiger partial charge in [-0.15, -0.1) is 34.2 Å². The van der Waals surface area contributed by atoms with Crippen LogP contribution in [-0.4, -0.2) is 57.8 Å². The lowest BCUT2D eigenvalue weighted by Crippen LogP contribution is -2.59. The summed E-state index contributed by atoms with van der Waals surface area (Å²) in [5.74, 6) is 1.70. The second-order valence-electron chi connectivity index (χ2n) is 8.56. The highest BCUT2D eigenvalue weighted by atomic mass is 127. The van der Waals surface area contributed by atoms with E-state index in [1.807, 2.05) is 29.8 Å². The SMILES string of the molecule is CN=C(NCc1nncn1-c1ccccc1)NCC1(N2CCCCC2)CCCCC1.I. The Balaban J connectivity index is 0.00000272. The summed E-state index contributed by atoms with van der Waals surface area (Å²) in [5.41, 5.74) is 1.34. The first-order valence-corrected chi connectivity index (χ1v) is 11.4. The fourth-order valence-corrected chi connectivity index (χ4v) is 5.00. The topological polar surface area (TPSA) is 70.4 Å². The first-order chi connectivity index (χ1) is 14.8. The Bertz CT molecular complexity index is 808. The Hall–Kier alpha value is -1.68. The molecule has 4 rings (SSSR count). The maximum Gasteiger partial charge on any atom is 0.191 e. The Labute approximate surface area is 203 Å². The average molecular weight is 537 g/mol. The number of aromatic nitrogens is 3. The lowest BCUT2D eigenvalue weighted by molar-refractivity contribution is 0.0368. The number of benzene rings is 1. The van der Waals surface area contributed by atoms with E-state index >= 15 is 0 Å². The second kappa shape index (κ2) is 11.8. The maximum absolute atomic E-state index is 4.47. The van der Waals surface area contributed by atoms with E-state index in [1.54, 1.807) is 6.33 Å². The standard InChI is InChI=1S/C23H35N7.HI/c1-24-22(25-17-21-28-27-19-30(21)20-11-5-2-6-12-20)26-18-23(13-7-3-8-14-23)29-15-9-4-10-16-29;/h2,5-6,11-12,19H,3-4,7-10,13-18H2,1H3,(H2,24,25,26);1H. The normalized spacial score (nSPS) is 19.5. The van der Waals surface area contributed by atoms with Gasteiger partial charge in [-0.2, -0.15) is 0 Å². The van der Waals surface area contributed by atoms with Gasteiger partial charge in [-0.3, -0.25) is 14.5 Å². The highest BCUT2D eigenvalue weighted by Gasteiger charge is 2.38.